The molecule has 8 nitrogen and oxygen atoms in total. The van der Waals surface area contributed by atoms with Gasteiger partial charge in [-0.15, -0.1) is 0 Å². The number of fused-ring (bicyclic) bond motifs is 1. The molecule has 0 aliphatic carbocycles. The van der Waals surface area contributed by atoms with E-state index >= 15 is 0 Å². The minimum absolute atomic E-state index is 0.0881. The minimum atomic E-state index is -0.249. The quantitative estimate of drug-likeness (QED) is 0.589. The number of hydrogen-bond donors (Lipinski definition) is 2. The third-order valence-electron chi connectivity index (χ3n) is 4.31. The number of carbonyl (C=O) groups is 1. The Morgan fingerprint density at radius 2 is 2.11 bits per heavy atom. The first kappa shape index (κ1) is 19.9. The molecule has 2 N–H and O–H groups in total. The normalized spacial score (nSPS) is 11.0. The number of aromatic amines is 1. The smallest absolute Gasteiger partial charge is 0.266 e. The number of hydrogen-bond acceptors (Lipinski definition) is 5. The Hall–Kier alpha value is -2.84. The molecule has 0 bridgehead atoms. The number of nitrogens with one attached hydrogen (secondary N) is 2. The Morgan fingerprint density at radius 1 is 1.32 bits per heavy atom. The number of amides is 1. The maximum Gasteiger partial charge on any atom is 0.266 e. The second-order valence-corrected chi connectivity index (χ2v) is 6.67. The summed E-state index contributed by atoms with van der Waals surface area (Å²) in [5.74, 6) is 0.145. The third kappa shape index (κ3) is 4.18. The Bertz CT molecular complexity index is 1070. The Balaban J connectivity index is 1.82. The number of aromatic nitrogens is 3. The zero-order valence-electron chi connectivity index (χ0n) is 15.8. The largest absolute Gasteiger partial charge is 0.487 e. The molecule has 0 saturated carbocycles. The first-order valence-electron chi connectivity index (χ1n) is 8.68. The predicted molar refractivity (Wildman–Crippen MR) is 106 cm³/mol. The number of carbonyl (C=O) groups excluding carboxylic acids is 1. The molecule has 9 heteroatoms. The average Bonchev–Trinajstić information content (AvgIpc) is 3.01. The summed E-state index contributed by atoms with van der Waals surface area (Å²) >= 11 is 6.21. The number of aryl methyl sites for hydroxylation is 2. The van der Waals surface area contributed by atoms with E-state index in [0.717, 1.165) is 11.3 Å². The van der Waals surface area contributed by atoms with Gasteiger partial charge in [0, 0.05) is 30.1 Å². The van der Waals surface area contributed by atoms with Crippen molar-refractivity contribution in [1.82, 2.24) is 14.6 Å². The maximum absolute atomic E-state index is 12.7. The van der Waals surface area contributed by atoms with Gasteiger partial charge in [-0.05, 0) is 26.0 Å². The second kappa shape index (κ2) is 8.45. The van der Waals surface area contributed by atoms with Crippen LogP contribution in [-0.2, 0) is 16.0 Å². The van der Waals surface area contributed by atoms with Crippen LogP contribution in [0.1, 0.15) is 17.0 Å². The van der Waals surface area contributed by atoms with Crippen molar-refractivity contribution in [3.8, 4) is 5.75 Å². The summed E-state index contributed by atoms with van der Waals surface area (Å²) in [7, 11) is 1.58. The van der Waals surface area contributed by atoms with Gasteiger partial charge in [-0.2, -0.15) is 0 Å². The number of H-pyrrole nitrogens is 1. The van der Waals surface area contributed by atoms with Gasteiger partial charge in [0.25, 0.3) is 5.56 Å². The highest BCUT2D eigenvalue weighted by atomic mass is 35.5. The number of rotatable bonds is 7. The molecule has 3 rings (SSSR count). The van der Waals surface area contributed by atoms with Gasteiger partial charge in [-0.3, -0.25) is 14.7 Å². The van der Waals surface area contributed by atoms with Crippen molar-refractivity contribution in [2.45, 2.75) is 20.3 Å². The van der Waals surface area contributed by atoms with Gasteiger partial charge >= 0.3 is 0 Å². The number of nitrogens with zero attached hydrogens (tertiary/aromatic N) is 2. The van der Waals surface area contributed by atoms with Gasteiger partial charge in [0.15, 0.2) is 11.4 Å². The molecule has 1 aromatic carbocycles. The van der Waals surface area contributed by atoms with E-state index in [1.165, 1.54) is 6.07 Å². The van der Waals surface area contributed by atoms with Crippen LogP contribution < -0.4 is 15.6 Å². The highest BCUT2D eigenvalue weighted by Crippen LogP contribution is 2.33. The summed E-state index contributed by atoms with van der Waals surface area (Å²) in [6.45, 7) is 4.35. The van der Waals surface area contributed by atoms with Gasteiger partial charge in [0.2, 0.25) is 5.91 Å². The lowest BCUT2D eigenvalue weighted by Gasteiger charge is -2.15. The van der Waals surface area contributed by atoms with Gasteiger partial charge in [-0.1, -0.05) is 17.7 Å². The molecule has 3 aromatic rings. The fourth-order valence-corrected chi connectivity index (χ4v) is 3.18. The van der Waals surface area contributed by atoms with Crippen LogP contribution in [0.15, 0.2) is 29.1 Å². The predicted octanol–water partition coefficient (Wildman–Crippen LogP) is 2.50. The summed E-state index contributed by atoms with van der Waals surface area (Å²) in [4.78, 5) is 28.6. The minimum Gasteiger partial charge on any atom is -0.487 e. The SMILES string of the molecule is COCCOc1c(Cl)cccc1NC(=O)Cc1c(C)nc2cc(=O)[nH]n2c1C. The molecule has 0 radical (unpaired) electrons. The molecular weight excluding hydrogens is 384 g/mol. The number of methoxy groups -OCH3 is 1. The number of halogens is 1. The lowest BCUT2D eigenvalue weighted by atomic mass is 10.1. The molecule has 0 aliphatic heterocycles. The van der Waals surface area contributed by atoms with E-state index < -0.39 is 0 Å². The lowest BCUT2D eigenvalue weighted by Crippen LogP contribution is -2.18. The number of benzene rings is 1. The van der Waals surface area contributed by atoms with E-state index in [2.05, 4.69) is 15.4 Å². The Morgan fingerprint density at radius 3 is 2.86 bits per heavy atom. The zero-order chi connectivity index (χ0) is 20.3. The summed E-state index contributed by atoms with van der Waals surface area (Å²) in [5, 5.41) is 5.91. The molecule has 0 unspecified atom stereocenters. The molecule has 0 spiro atoms. The van der Waals surface area contributed by atoms with E-state index in [0.29, 0.717) is 41.0 Å². The first-order valence-corrected chi connectivity index (χ1v) is 9.06. The number of ether oxygens (including phenoxy) is 2. The first-order chi connectivity index (χ1) is 13.4. The summed E-state index contributed by atoms with van der Waals surface area (Å²) < 4.78 is 12.2. The van der Waals surface area contributed by atoms with E-state index in [9.17, 15) is 9.59 Å². The monoisotopic (exact) mass is 404 g/mol. The number of anilines is 1. The molecular formula is C19H21ClN4O4. The fourth-order valence-electron chi connectivity index (χ4n) is 2.95. The molecule has 0 atom stereocenters. The Labute approximate surface area is 166 Å². The zero-order valence-corrected chi connectivity index (χ0v) is 16.6. The molecule has 0 saturated heterocycles. The van der Waals surface area contributed by atoms with E-state index in [-0.39, 0.29) is 17.9 Å². The highest BCUT2D eigenvalue weighted by molar-refractivity contribution is 6.32. The lowest BCUT2D eigenvalue weighted by molar-refractivity contribution is -0.115. The molecule has 2 heterocycles. The van der Waals surface area contributed by atoms with E-state index in [4.69, 9.17) is 21.1 Å². The molecule has 148 valence electrons. The fraction of sp³-hybridized carbons (Fsp3) is 0.316. The molecule has 0 aliphatic rings. The average molecular weight is 405 g/mol. The van der Waals surface area contributed by atoms with Gasteiger partial charge in [0.05, 0.1) is 23.7 Å². The van der Waals surface area contributed by atoms with Crippen LogP contribution in [-0.4, -0.2) is 40.8 Å². The number of para-hydroxylation sites is 1. The van der Waals surface area contributed by atoms with Crippen LogP contribution in [0.5, 0.6) is 5.75 Å². The van der Waals surface area contributed by atoms with E-state index in [1.54, 1.807) is 29.8 Å². The summed E-state index contributed by atoms with van der Waals surface area (Å²) in [6.07, 6.45) is 0.0881. The third-order valence-corrected chi connectivity index (χ3v) is 4.61. The molecule has 28 heavy (non-hydrogen) atoms. The summed E-state index contributed by atoms with van der Waals surface area (Å²) in [6, 6.07) is 6.56. The molecule has 1 amide bonds. The van der Waals surface area contributed by atoms with Crippen molar-refractivity contribution in [2.24, 2.45) is 0 Å². The van der Waals surface area contributed by atoms with Crippen molar-refractivity contribution in [1.29, 1.82) is 0 Å². The van der Waals surface area contributed by atoms with Crippen LogP contribution in [0, 0.1) is 13.8 Å². The van der Waals surface area contributed by atoms with Crippen molar-refractivity contribution >= 4 is 28.8 Å². The standard InChI is InChI=1S/C19H21ClN4O4/c1-11-13(12(2)24-16(21-11)10-18(26)23-24)9-17(25)22-15-6-4-5-14(20)19(15)28-8-7-27-3/h4-6,10H,7-9H2,1-3H3,(H,22,25)(H,23,26). The van der Waals surface area contributed by atoms with Gasteiger partial charge in [0.1, 0.15) is 6.61 Å². The summed E-state index contributed by atoms with van der Waals surface area (Å²) in [5.41, 5.74) is 2.94. The van der Waals surface area contributed by atoms with Crippen LogP contribution in [0.25, 0.3) is 5.65 Å². The van der Waals surface area contributed by atoms with Crippen molar-refractivity contribution < 1.29 is 14.3 Å². The topological polar surface area (TPSA) is 97.7 Å². The van der Waals surface area contributed by atoms with Crippen molar-refractivity contribution in [2.75, 3.05) is 25.6 Å². The van der Waals surface area contributed by atoms with Crippen molar-refractivity contribution in [3.63, 3.8) is 0 Å². The molecule has 0 fully saturated rings. The molecule has 2 aromatic heterocycles. The van der Waals surface area contributed by atoms with Crippen LogP contribution in [0.3, 0.4) is 0 Å². The van der Waals surface area contributed by atoms with Gasteiger partial charge in [-0.25, -0.2) is 9.50 Å². The van der Waals surface area contributed by atoms with E-state index in [1.807, 2.05) is 13.8 Å². The highest BCUT2D eigenvalue weighted by Gasteiger charge is 2.16. The van der Waals surface area contributed by atoms with Gasteiger partial charge < -0.3 is 14.8 Å². The van der Waals surface area contributed by atoms with Crippen LogP contribution >= 0.6 is 11.6 Å². The maximum atomic E-state index is 12.7. The van der Waals surface area contributed by atoms with Crippen molar-refractivity contribution in [3.05, 3.63) is 56.6 Å². The van der Waals surface area contributed by atoms with Crippen LogP contribution in [0.2, 0.25) is 5.02 Å². The van der Waals surface area contributed by atoms with Crippen LogP contribution in [0.4, 0.5) is 5.69 Å². The second-order valence-electron chi connectivity index (χ2n) is 6.26. The Kier molecular flexibility index (Phi) is 6.01.